The van der Waals surface area contributed by atoms with Gasteiger partial charge in [0.25, 0.3) is 0 Å². The van der Waals surface area contributed by atoms with Gasteiger partial charge in [-0.3, -0.25) is 4.90 Å². The van der Waals surface area contributed by atoms with Crippen molar-refractivity contribution >= 4 is 17.0 Å². The molecule has 3 aromatic rings. The molecule has 0 unspecified atom stereocenters. The number of hydrogen-bond acceptors (Lipinski definition) is 5. The molecule has 114 valence electrons. The average Bonchev–Trinajstić information content (AvgIpc) is 3.16. The molecule has 3 aromatic heterocycles. The van der Waals surface area contributed by atoms with Crippen molar-refractivity contribution in [3.63, 3.8) is 0 Å². The van der Waals surface area contributed by atoms with Crippen molar-refractivity contribution < 1.29 is 0 Å². The zero-order valence-electron chi connectivity index (χ0n) is 12.6. The number of hydrogen-bond donors (Lipinski definition) is 0. The van der Waals surface area contributed by atoms with Gasteiger partial charge in [0.1, 0.15) is 0 Å². The van der Waals surface area contributed by atoms with Gasteiger partial charge in [-0.25, -0.2) is 14.5 Å². The number of rotatable bonds is 3. The second-order valence-corrected chi connectivity index (χ2v) is 6.67. The Morgan fingerprint density at radius 2 is 2.14 bits per heavy atom. The Labute approximate surface area is 133 Å². The summed E-state index contributed by atoms with van der Waals surface area (Å²) in [7, 11) is 0. The normalized spacial score (nSPS) is 17.3. The van der Waals surface area contributed by atoms with E-state index >= 15 is 0 Å². The van der Waals surface area contributed by atoms with Gasteiger partial charge in [0, 0.05) is 35.8 Å². The summed E-state index contributed by atoms with van der Waals surface area (Å²) in [5.41, 5.74) is 6.39. The van der Waals surface area contributed by atoms with Crippen molar-refractivity contribution in [2.75, 3.05) is 13.1 Å². The van der Waals surface area contributed by atoms with E-state index in [1.165, 1.54) is 24.2 Å². The average molecular weight is 313 g/mol. The van der Waals surface area contributed by atoms with Crippen LogP contribution in [0.15, 0.2) is 29.2 Å². The van der Waals surface area contributed by atoms with E-state index in [2.05, 4.69) is 31.4 Å². The van der Waals surface area contributed by atoms with Crippen LogP contribution in [0.25, 0.3) is 5.65 Å². The lowest BCUT2D eigenvalue weighted by molar-refractivity contribution is 0.200. The standard InChI is InChI=1S/C16H19N5S/c1-12-8-16-17-5-2-15(21(16)19-12)13-3-6-20(7-4-13)9-14-10-22-11-18-14/h2,5,8,10-11,13H,3-4,6-7,9H2,1H3. The highest BCUT2D eigenvalue weighted by atomic mass is 32.1. The first-order chi connectivity index (χ1) is 10.8. The summed E-state index contributed by atoms with van der Waals surface area (Å²) in [5, 5.41) is 6.74. The van der Waals surface area contributed by atoms with E-state index in [4.69, 9.17) is 0 Å². The van der Waals surface area contributed by atoms with Crippen LogP contribution in [0.4, 0.5) is 0 Å². The molecule has 6 heteroatoms. The molecule has 0 aliphatic carbocycles. The molecule has 1 fully saturated rings. The number of piperidine rings is 1. The third kappa shape index (κ3) is 2.64. The molecule has 0 bridgehead atoms. The molecule has 1 saturated heterocycles. The molecule has 0 saturated carbocycles. The van der Waals surface area contributed by atoms with Crippen molar-refractivity contribution in [3.05, 3.63) is 46.3 Å². The Hall–Kier alpha value is -1.79. The van der Waals surface area contributed by atoms with E-state index in [1.54, 1.807) is 11.3 Å². The summed E-state index contributed by atoms with van der Waals surface area (Å²) < 4.78 is 2.02. The monoisotopic (exact) mass is 313 g/mol. The molecule has 4 rings (SSSR count). The van der Waals surface area contributed by atoms with E-state index in [0.29, 0.717) is 5.92 Å². The van der Waals surface area contributed by atoms with Gasteiger partial charge in [-0.05, 0) is 38.9 Å². The first-order valence-corrected chi connectivity index (χ1v) is 8.64. The van der Waals surface area contributed by atoms with E-state index < -0.39 is 0 Å². The van der Waals surface area contributed by atoms with E-state index in [9.17, 15) is 0 Å². The quantitative estimate of drug-likeness (QED) is 0.746. The molecule has 4 heterocycles. The number of aryl methyl sites for hydroxylation is 1. The lowest BCUT2D eigenvalue weighted by Crippen LogP contribution is -2.33. The molecule has 0 N–H and O–H groups in total. The Kier molecular flexibility index (Phi) is 3.63. The van der Waals surface area contributed by atoms with Crippen LogP contribution < -0.4 is 0 Å². The maximum Gasteiger partial charge on any atom is 0.155 e. The minimum absolute atomic E-state index is 0.566. The van der Waals surface area contributed by atoms with Crippen LogP contribution in [0.5, 0.6) is 0 Å². The maximum absolute atomic E-state index is 4.60. The number of aromatic nitrogens is 4. The van der Waals surface area contributed by atoms with Gasteiger partial charge < -0.3 is 0 Å². The highest BCUT2D eigenvalue weighted by Gasteiger charge is 2.23. The summed E-state index contributed by atoms with van der Waals surface area (Å²) in [6.07, 6.45) is 4.25. The second kappa shape index (κ2) is 5.78. The number of likely N-dealkylation sites (tertiary alicyclic amines) is 1. The van der Waals surface area contributed by atoms with Gasteiger partial charge in [0.2, 0.25) is 0 Å². The SMILES string of the molecule is Cc1cc2nccc(C3CCN(Cc4cscn4)CC3)n2n1. The lowest BCUT2D eigenvalue weighted by Gasteiger charge is -2.31. The first kappa shape index (κ1) is 13.8. The second-order valence-electron chi connectivity index (χ2n) is 5.96. The first-order valence-electron chi connectivity index (χ1n) is 7.70. The molecular weight excluding hydrogens is 294 g/mol. The van der Waals surface area contributed by atoms with Crippen LogP contribution in [-0.4, -0.2) is 37.6 Å². The fourth-order valence-corrected chi connectivity index (χ4v) is 3.82. The van der Waals surface area contributed by atoms with E-state index in [-0.39, 0.29) is 0 Å². The van der Waals surface area contributed by atoms with Crippen LogP contribution in [0.1, 0.15) is 35.8 Å². The van der Waals surface area contributed by atoms with Crippen molar-refractivity contribution in [1.29, 1.82) is 0 Å². The summed E-state index contributed by atoms with van der Waals surface area (Å²) in [4.78, 5) is 11.3. The third-order valence-corrected chi connectivity index (χ3v) is 5.02. The van der Waals surface area contributed by atoms with Gasteiger partial charge in [-0.2, -0.15) is 5.10 Å². The van der Waals surface area contributed by atoms with Crippen LogP contribution in [0.3, 0.4) is 0 Å². The molecule has 5 nitrogen and oxygen atoms in total. The maximum atomic E-state index is 4.60. The zero-order valence-corrected chi connectivity index (χ0v) is 13.5. The molecule has 0 atom stereocenters. The topological polar surface area (TPSA) is 46.3 Å². The highest BCUT2D eigenvalue weighted by Crippen LogP contribution is 2.28. The summed E-state index contributed by atoms with van der Waals surface area (Å²) in [6.45, 7) is 5.23. The molecule has 0 aromatic carbocycles. The largest absolute Gasteiger partial charge is 0.297 e. The number of thiazole rings is 1. The van der Waals surface area contributed by atoms with Gasteiger partial charge >= 0.3 is 0 Å². The van der Waals surface area contributed by atoms with Gasteiger partial charge in [0.15, 0.2) is 5.65 Å². The molecular formula is C16H19N5S. The number of fused-ring (bicyclic) bond motifs is 1. The Morgan fingerprint density at radius 1 is 1.27 bits per heavy atom. The molecule has 0 amide bonds. The third-order valence-electron chi connectivity index (χ3n) is 4.38. The van der Waals surface area contributed by atoms with Gasteiger partial charge in [-0.15, -0.1) is 11.3 Å². The highest BCUT2D eigenvalue weighted by molar-refractivity contribution is 7.07. The van der Waals surface area contributed by atoms with Crippen molar-refractivity contribution in [3.8, 4) is 0 Å². The summed E-state index contributed by atoms with van der Waals surface area (Å²) in [6, 6.07) is 4.17. The molecule has 1 aliphatic rings. The molecule has 0 radical (unpaired) electrons. The predicted octanol–water partition coefficient (Wildman–Crippen LogP) is 2.87. The smallest absolute Gasteiger partial charge is 0.155 e. The van der Waals surface area contributed by atoms with Crippen LogP contribution in [0, 0.1) is 6.92 Å². The van der Waals surface area contributed by atoms with Crippen molar-refractivity contribution in [2.24, 2.45) is 0 Å². The fraction of sp³-hybridized carbons (Fsp3) is 0.438. The van der Waals surface area contributed by atoms with Gasteiger partial charge in [-0.1, -0.05) is 0 Å². The zero-order chi connectivity index (χ0) is 14.9. The Morgan fingerprint density at radius 3 is 2.91 bits per heavy atom. The van der Waals surface area contributed by atoms with Crippen LogP contribution in [0.2, 0.25) is 0 Å². The van der Waals surface area contributed by atoms with E-state index in [1.807, 2.05) is 29.2 Å². The minimum atomic E-state index is 0.566. The van der Waals surface area contributed by atoms with E-state index in [0.717, 1.165) is 31.0 Å². The van der Waals surface area contributed by atoms with Crippen molar-refractivity contribution in [1.82, 2.24) is 24.5 Å². The predicted molar refractivity (Wildman–Crippen MR) is 87.1 cm³/mol. The fourth-order valence-electron chi connectivity index (χ4n) is 3.27. The Balaban J connectivity index is 1.48. The minimum Gasteiger partial charge on any atom is -0.297 e. The van der Waals surface area contributed by atoms with Gasteiger partial charge in [0.05, 0.1) is 16.9 Å². The molecule has 0 spiro atoms. The molecule has 22 heavy (non-hydrogen) atoms. The molecule has 1 aliphatic heterocycles. The van der Waals surface area contributed by atoms with Crippen molar-refractivity contribution in [2.45, 2.75) is 32.2 Å². The van der Waals surface area contributed by atoms with Crippen LogP contribution >= 0.6 is 11.3 Å². The Bertz CT molecular complexity index is 756. The summed E-state index contributed by atoms with van der Waals surface area (Å²) >= 11 is 1.67. The van der Waals surface area contributed by atoms with Crippen LogP contribution in [-0.2, 0) is 6.54 Å². The summed E-state index contributed by atoms with van der Waals surface area (Å²) in [5.74, 6) is 0.566. The number of nitrogens with zero attached hydrogens (tertiary/aromatic N) is 5. The lowest BCUT2D eigenvalue weighted by atomic mass is 9.93.